The van der Waals surface area contributed by atoms with E-state index in [1.54, 1.807) is 7.05 Å². The smallest absolute Gasteiger partial charge is 0.314 e. The fourth-order valence-corrected chi connectivity index (χ4v) is 0.647. The van der Waals surface area contributed by atoms with Crippen LogP contribution >= 0.6 is 0 Å². The number of hydrogen-bond donors (Lipinski definition) is 2. The summed E-state index contributed by atoms with van der Waals surface area (Å²) in [5, 5.41) is 5.24. The summed E-state index contributed by atoms with van der Waals surface area (Å²) in [6, 6.07) is -0.0677. The Morgan fingerprint density at radius 3 is 2.78 bits per heavy atom. The number of hydrogen-bond acceptors (Lipinski definition) is 1. The molecule has 1 saturated carbocycles. The average molecular weight is 128 g/mol. The maximum Gasteiger partial charge on any atom is 0.314 e. The van der Waals surface area contributed by atoms with Gasteiger partial charge in [0.2, 0.25) is 0 Å². The molecule has 1 rings (SSSR count). The lowest BCUT2D eigenvalue weighted by Gasteiger charge is -2.00. The van der Waals surface area contributed by atoms with Crippen molar-refractivity contribution >= 4 is 6.03 Å². The molecule has 0 aromatic heterocycles. The molecule has 0 aromatic carbocycles. The largest absolute Gasteiger partial charge is 0.341 e. The van der Waals surface area contributed by atoms with Crippen molar-refractivity contribution in [3.8, 4) is 0 Å². The molecule has 3 heteroatoms. The third-order valence-electron chi connectivity index (χ3n) is 1.48. The zero-order valence-electron chi connectivity index (χ0n) is 5.61. The number of amides is 2. The Hall–Kier alpha value is -0.730. The Kier molecular flexibility index (Phi) is 1.92. The Morgan fingerprint density at radius 1 is 1.67 bits per heavy atom. The van der Waals surface area contributed by atoms with Gasteiger partial charge < -0.3 is 10.6 Å². The normalized spacial score (nSPS) is 17.0. The van der Waals surface area contributed by atoms with Gasteiger partial charge in [-0.3, -0.25) is 0 Å². The van der Waals surface area contributed by atoms with E-state index in [1.165, 1.54) is 12.8 Å². The zero-order valence-corrected chi connectivity index (χ0v) is 5.61. The minimum atomic E-state index is -0.0677. The minimum absolute atomic E-state index is 0.0677. The number of carbonyl (C=O) groups is 1. The summed E-state index contributed by atoms with van der Waals surface area (Å²) in [6.45, 7) is 0.847. The van der Waals surface area contributed by atoms with Gasteiger partial charge >= 0.3 is 6.03 Å². The number of carbonyl (C=O) groups excluding carboxylic acids is 1. The fourth-order valence-electron chi connectivity index (χ4n) is 0.647. The summed E-state index contributed by atoms with van der Waals surface area (Å²) in [5.41, 5.74) is 0. The molecule has 52 valence electrons. The highest BCUT2D eigenvalue weighted by atomic mass is 16.2. The molecule has 9 heavy (non-hydrogen) atoms. The molecule has 1 aliphatic carbocycles. The van der Waals surface area contributed by atoms with Gasteiger partial charge in [-0.05, 0) is 18.8 Å². The molecule has 3 nitrogen and oxygen atoms in total. The minimum Gasteiger partial charge on any atom is -0.341 e. The molecule has 0 bridgehead atoms. The molecule has 1 fully saturated rings. The van der Waals surface area contributed by atoms with Crippen LogP contribution in [-0.2, 0) is 0 Å². The molecule has 0 atom stereocenters. The molecule has 1 aliphatic rings. The predicted molar refractivity (Wildman–Crippen MR) is 35.2 cm³/mol. The van der Waals surface area contributed by atoms with Crippen molar-refractivity contribution < 1.29 is 4.79 Å². The third-order valence-corrected chi connectivity index (χ3v) is 1.48. The second kappa shape index (κ2) is 2.71. The second-order valence-electron chi connectivity index (χ2n) is 2.40. The van der Waals surface area contributed by atoms with E-state index in [1.807, 2.05) is 0 Å². The van der Waals surface area contributed by atoms with Crippen molar-refractivity contribution in [3.05, 3.63) is 0 Å². The van der Waals surface area contributed by atoms with Crippen LogP contribution in [0.4, 0.5) is 4.79 Å². The van der Waals surface area contributed by atoms with Gasteiger partial charge in [0.15, 0.2) is 0 Å². The van der Waals surface area contributed by atoms with Gasteiger partial charge in [0, 0.05) is 13.6 Å². The van der Waals surface area contributed by atoms with E-state index < -0.39 is 0 Å². The van der Waals surface area contributed by atoms with Gasteiger partial charge in [0.1, 0.15) is 0 Å². The molecule has 2 N–H and O–H groups in total. The van der Waals surface area contributed by atoms with Gasteiger partial charge in [0.05, 0.1) is 0 Å². The lowest BCUT2D eigenvalue weighted by Crippen LogP contribution is -2.33. The number of rotatable bonds is 2. The van der Waals surface area contributed by atoms with Gasteiger partial charge in [-0.15, -0.1) is 0 Å². The second-order valence-corrected chi connectivity index (χ2v) is 2.40. The molecule has 0 saturated heterocycles. The Labute approximate surface area is 54.8 Å². The van der Waals surface area contributed by atoms with Crippen molar-refractivity contribution in [1.29, 1.82) is 0 Å². The number of nitrogens with one attached hydrogen (secondary N) is 2. The first-order valence-corrected chi connectivity index (χ1v) is 3.28. The summed E-state index contributed by atoms with van der Waals surface area (Å²) in [5.74, 6) is 0.766. The Bertz CT molecular complexity index is 110. The van der Waals surface area contributed by atoms with Crippen LogP contribution in [0.25, 0.3) is 0 Å². The van der Waals surface area contributed by atoms with Crippen molar-refractivity contribution in [2.45, 2.75) is 12.8 Å². The lowest BCUT2D eigenvalue weighted by molar-refractivity contribution is 0.242. The molecule has 0 aromatic rings. The van der Waals surface area contributed by atoms with Gasteiger partial charge in [-0.2, -0.15) is 0 Å². The van der Waals surface area contributed by atoms with Crippen molar-refractivity contribution in [2.75, 3.05) is 13.6 Å². The van der Waals surface area contributed by atoms with Crippen LogP contribution in [0.5, 0.6) is 0 Å². The zero-order chi connectivity index (χ0) is 6.69. The molecular weight excluding hydrogens is 116 g/mol. The van der Waals surface area contributed by atoms with Crippen LogP contribution in [0.2, 0.25) is 0 Å². The van der Waals surface area contributed by atoms with Crippen LogP contribution in [0.3, 0.4) is 0 Å². The molecule has 0 unspecified atom stereocenters. The molecule has 0 heterocycles. The molecular formula is C6H12N2O. The summed E-state index contributed by atoms with van der Waals surface area (Å²) < 4.78 is 0. The van der Waals surface area contributed by atoms with E-state index in [2.05, 4.69) is 10.6 Å². The van der Waals surface area contributed by atoms with Crippen molar-refractivity contribution in [1.82, 2.24) is 10.6 Å². The van der Waals surface area contributed by atoms with E-state index in [0.717, 1.165) is 12.5 Å². The Balaban J connectivity index is 1.96. The molecule has 2 amide bonds. The van der Waals surface area contributed by atoms with Crippen LogP contribution in [0.15, 0.2) is 0 Å². The summed E-state index contributed by atoms with van der Waals surface area (Å²) in [4.78, 5) is 10.5. The maximum absolute atomic E-state index is 10.5. The van der Waals surface area contributed by atoms with E-state index in [4.69, 9.17) is 0 Å². The fraction of sp³-hybridized carbons (Fsp3) is 0.833. The first-order chi connectivity index (χ1) is 4.33. The van der Waals surface area contributed by atoms with E-state index in [-0.39, 0.29) is 6.03 Å². The summed E-state index contributed by atoms with van der Waals surface area (Å²) >= 11 is 0. The Morgan fingerprint density at radius 2 is 2.33 bits per heavy atom. The molecule has 0 radical (unpaired) electrons. The van der Waals surface area contributed by atoms with Crippen molar-refractivity contribution in [2.24, 2.45) is 5.92 Å². The summed E-state index contributed by atoms with van der Waals surface area (Å²) in [6.07, 6.45) is 2.56. The highest BCUT2D eigenvalue weighted by Crippen LogP contribution is 2.27. The topological polar surface area (TPSA) is 41.1 Å². The number of urea groups is 1. The first-order valence-electron chi connectivity index (χ1n) is 3.28. The van der Waals surface area contributed by atoms with Crippen molar-refractivity contribution in [3.63, 3.8) is 0 Å². The first kappa shape index (κ1) is 6.39. The van der Waals surface area contributed by atoms with E-state index >= 15 is 0 Å². The molecule has 0 aliphatic heterocycles. The van der Waals surface area contributed by atoms with Crippen LogP contribution in [0, 0.1) is 5.92 Å². The quantitative estimate of drug-likeness (QED) is 0.552. The van der Waals surface area contributed by atoms with Crippen LogP contribution < -0.4 is 10.6 Å². The van der Waals surface area contributed by atoms with E-state index in [0.29, 0.717) is 0 Å². The summed E-state index contributed by atoms with van der Waals surface area (Å²) in [7, 11) is 1.63. The monoisotopic (exact) mass is 128 g/mol. The van der Waals surface area contributed by atoms with Gasteiger partial charge in [0.25, 0.3) is 0 Å². The van der Waals surface area contributed by atoms with E-state index in [9.17, 15) is 4.79 Å². The SMILES string of the molecule is CNC(=O)NCC1CC1. The average Bonchev–Trinajstić information content (AvgIpc) is 2.65. The highest BCUT2D eigenvalue weighted by Gasteiger charge is 2.20. The van der Waals surface area contributed by atoms with Gasteiger partial charge in [-0.25, -0.2) is 4.79 Å². The third kappa shape index (κ3) is 2.35. The maximum atomic E-state index is 10.5. The highest BCUT2D eigenvalue weighted by molar-refractivity contribution is 5.73. The molecule has 0 spiro atoms. The van der Waals surface area contributed by atoms with Gasteiger partial charge in [-0.1, -0.05) is 0 Å². The van der Waals surface area contributed by atoms with Crippen LogP contribution in [-0.4, -0.2) is 19.6 Å². The predicted octanol–water partition coefficient (Wildman–Crippen LogP) is 0.325. The van der Waals surface area contributed by atoms with Crippen LogP contribution in [0.1, 0.15) is 12.8 Å². The lowest BCUT2D eigenvalue weighted by atomic mass is 10.4. The standard InChI is InChI=1S/C6H12N2O/c1-7-6(9)8-4-5-2-3-5/h5H,2-4H2,1H3,(H2,7,8,9).